The Morgan fingerprint density at radius 1 is 1.18 bits per heavy atom. The maximum atomic E-state index is 10.1. The zero-order chi connectivity index (χ0) is 12.5. The van der Waals surface area contributed by atoms with Crippen LogP contribution >= 0.6 is 0 Å². The lowest BCUT2D eigenvalue weighted by atomic mass is 9.95. The third-order valence-electron chi connectivity index (χ3n) is 3.41. The van der Waals surface area contributed by atoms with Crippen LogP contribution in [0, 0.1) is 0 Å². The van der Waals surface area contributed by atoms with Crippen LogP contribution in [0.4, 0.5) is 0 Å². The fraction of sp³-hybridized carbons (Fsp3) is 0.846. The Bertz CT molecular complexity index is 368. The Morgan fingerprint density at radius 2 is 1.88 bits per heavy atom. The van der Waals surface area contributed by atoms with Crippen molar-refractivity contribution >= 4 is 0 Å². The Labute approximate surface area is 102 Å². The van der Waals surface area contributed by atoms with Gasteiger partial charge in [0.05, 0.1) is 12.0 Å². The van der Waals surface area contributed by atoms with Crippen molar-refractivity contribution in [1.82, 2.24) is 10.1 Å². The number of aliphatic hydroxyl groups is 1. The van der Waals surface area contributed by atoms with E-state index in [1.54, 1.807) is 0 Å². The lowest BCUT2D eigenvalue weighted by molar-refractivity contribution is 0.119. The standard InChI is InChI=1S/C13H22N2O2/c1-13(2,3)12-14-11(17-15-12)9-7-5-4-6-8-10(9)16/h9-10,16H,4-8H2,1-3H3. The second-order valence-corrected chi connectivity index (χ2v) is 6.02. The second-order valence-electron chi connectivity index (χ2n) is 6.02. The molecule has 1 aliphatic rings. The van der Waals surface area contributed by atoms with Crippen LogP contribution in [0.5, 0.6) is 0 Å². The number of hydrogen-bond acceptors (Lipinski definition) is 4. The summed E-state index contributed by atoms with van der Waals surface area (Å²) in [5, 5.41) is 14.1. The van der Waals surface area contributed by atoms with E-state index in [1.807, 2.05) is 0 Å². The molecule has 17 heavy (non-hydrogen) atoms. The molecule has 1 saturated carbocycles. The van der Waals surface area contributed by atoms with Crippen molar-refractivity contribution in [2.45, 2.75) is 70.3 Å². The van der Waals surface area contributed by atoms with Crippen molar-refractivity contribution in [3.8, 4) is 0 Å². The van der Waals surface area contributed by atoms with Gasteiger partial charge in [0.2, 0.25) is 5.89 Å². The number of hydrogen-bond donors (Lipinski definition) is 1. The van der Waals surface area contributed by atoms with Crippen LogP contribution < -0.4 is 0 Å². The predicted molar refractivity (Wildman–Crippen MR) is 64.8 cm³/mol. The first-order valence-corrected chi connectivity index (χ1v) is 6.50. The van der Waals surface area contributed by atoms with Crippen LogP contribution in [-0.2, 0) is 5.41 Å². The molecule has 1 heterocycles. The van der Waals surface area contributed by atoms with E-state index in [0.717, 1.165) is 31.5 Å². The second kappa shape index (κ2) is 4.77. The van der Waals surface area contributed by atoms with E-state index < -0.39 is 0 Å². The van der Waals surface area contributed by atoms with Crippen LogP contribution in [0.25, 0.3) is 0 Å². The Morgan fingerprint density at radius 3 is 2.53 bits per heavy atom. The van der Waals surface area contributed by atoms with Crippen LogP contribution in [0.1, 0.15) is 70.5 Å². The van der Waals surface area contributed by atoms with E-state index in [1.165, 1.54) is 6.42 Å². The Balaban J connectivity index is 2.18. The fourth-order valence-electron chi connectivity index (χ4n) is 2.27. The molecule has 1 fully saturated rings. The van der Waals surface area contributed by atoms with Gasteiger partial charge in [0.25, 0.3) is 0 Å². The highest BCUT2D eigenvalue weighted by atomic mass is 16.5. The number of aliphatic hydroxyl groups excluding tert-OH is 1. The molecular weight excluding hydrogens is 216 g/mol. The molecule has 0 amide bonds. The van der Waals surface area contributed by atoms with Crippen molar-refractivity contribution in [2.24, 2.45) is 0 Å². The van der Waals surface area contributed by atoms with Crippen LogP contribution in [0.15, 0.2) is 4.52 Å². The van der Waals surface area contributed by atoms with Crippen molar-refractivity contribution in [3.63, 3.8) is 0 Å². The third kappa shape index (κ3) is 2.86. The molecule has 1 aromatic rings. The van der Waals surface area contributed by atoms with Gasteiger partial charge in [-0.3, -0.25) is 0 Å². The molecule has 0 saturated heterocycles. The van der Waals surface area contributed by atoms with Crippen LogP contribution in [0.3, 0.4) is 0 Å². The molecule has 96 valence electrons. The quantitative estimate of drug-likeness (QED) is 0.764. The summed E-state index contributed by atoms with van der Waals surface area (Å²) < 4.78 is 5.34. The van der Waals surface area contributed by atoms with Gasteiger partial charge in [0.1, 0.15) is 0 Å². The molecule has 0 bridgehead atoms. The van der Waals surface area contributed by atoms with Gasteiger partial charge < -0.3 is 9.63 Å². The number of rotatable bonds is 1. The van der Waals surface area contributed by atoms with Gasteiger partial charge in [-0.2, -0.15) is 4.98 Å². The maximum Gasteiger partial charge on any atom is 0.232 e. The summed E-state index contributed by atoms with van der Waals surface area (Å²) in [7, 11) is 0. The highest BCUT2D eigenvalue weighted by Crippen LogP contribution is 2.32. The lowest BCUT2D eigenvalue weighted by Gasteiger charge is -2.16. The van der Waals surface area contributed by atoms with Gasteiger partial charge in [0, 0.05) is 5.41 Å². The van der Waals surface area contributed by atoms with Crippen LogP contribution in [-0.4, -0.2) is 21.4 Å². The van der Waals surface area contributed by atoms with E-state index in [4.69, 9.17) is 4.52 Å². The first kappa shape index (κ1) is 12.6. The summed E-state index contributed by atoms with van der Waals surface area (Å²) in [4.78, 5) is 4.46. The maximum absolute atomic E-state index is 10.1. The average molecular weight is 238 g/mol. The number of aromatic nitrogens is 2. The molecule has 2 unspecified atom stereocenters. The molecule has 0 radical (unpaired) electrons. The molecule has 1 aliphatic carbocycles. The highest BCUT2D eigenvalue weighted by molar-refractivity contribution is 5.04. The van der Waals surface area contributed by atoms with Gasteiger partial charge in [-0.1, -0.05) is 45.2 Å². The van der Waals surface area contributed by atoms with E-state index in [0.29, 0.717) is 5.89 Å². The topological polar surface area (TPSA) is 59.2 Å². The molecule has 0 spiro atoms. The highest BCUT2D eigenvalue weighted by Gasteiger charge is 2.30. The largest absolute Gasteiger partial charge is 0.392 e. The summed E-state index contributed by atoms with van der Waals surface area (Å²) >= 11 is 0. The van der Waals surface area contributed by atoms with E-state index >= 15 is 0 Å². The summed E-state index contributed by atoms with van der Waals surface area (Å²) in [6.45, 7) is 6.18. The summed E-state index contributed by atoms with van der Waals surface area (Å²) in [5.74, 6) is 1.37. The van der Waals surface area contributed by atoms with Gasteiger partial charge in [-0.05, 0) is 12.8 Å². The molecule has 1 N–H and O–H groups in total. The van der Waals surface area contributed by atoms with Crippen molar-refractivity contribution in [3.05, 3.63) is 11.7 Å². The van der Waals surface area contributed by atoms with Crippen molar-refractivity contribution < 1.29 is 9.63 Å². The smallest absolute Gasteiger partial charge is 0.232 e. The molecule has 4 nitrogen and oxygen atoms in total. The Hall–Kier alpha value is -0.900. The lowest BCUT2D eigenvalue weighted by Crippen LogP contribution is -2.18. The number of nitrogens with zero attached hydrogens (tertiary/aromatic N) is 2. The molecule has 2 rings (SSSR count). The zero-order valence-electron chi connectivity index (χ0n) is 10.9. The van der Waals surface area contributed by atoms with Gasteiger partial charge in [0.15, 0.2) is 5.82 Å². The minimum absolute atomic E-state index is 0.0288. The fourth-order valence-corrected chi connectivity index (χ4v) is 2.27. The third-order valence-corrected chi connectivity index (χ3v) is 3.41. The average Bonchev–Trinajstić information content (AvgIpc) is 2.63. The zero-order valence-corrected chi connectivity index (χ0v) is 10.9. The van der Waals surface area contributed by atoms with Gasteiger partial charge in [-0.15, -0.1) is 0 Å². The van der Waals surface area contributed by atoms with Crippen molar-refractivity contribution in [2.75, 3.05) is 0 Å². The molecular formula is C13H22N2O2. The van der Waals surface area contributed by atoms with E-state index in [2.05, 4.69) is 30.9 Å². The van der Waals surface area contributed by atoms with Gasteiger partial charge in [-0.25, -0.2) is 0 Å². The SMILES string of the molecule is CC(C)(C)c1noc(C2CCCCCC2O)n1. The first-order valence-electron chi connectivity index (χ1n) is 6.50. The minimum Gasteiger partial charge on any atom is -0.392 e. The molecule has 0 aliphatic heterocycles. The van der Waals surface area contributed by atoms with Crippen molar-refractivity contribution in [1.29, 1.82) is 0 Å². The van der Waals surface area contributed by atoms with E-state index in [9.17, 15) is 5.11 Å². The van der Waals surface area contributed by atoms with E-state index in [-0.39, 0.29) is 17.4 Å². The predicted octanol–water partition coefficient (Wildman–Crippen LogP) is 2.78. The Kier molecular flexibility index (Phi) is 3.52. The summed E-state index contributed by atoms with van der Waals surface area (Å²) in [6, 6.07) is 0. The normalized spacial score (nSPS) is 26.8. The molecule has 2 atom stereocenters. The van der Waals surface area contributed by atoms with Crippen LogP contribution in [0.2, 0.25) is 0 Å². The minimum atomic E-state index is -0.328. The summed E-state index contributed by atoms with van der Waals surface area (Å²) in [5.41, 5.74) is -0.0998. The summed E-state index contributed by atoms with van der Waals surface area (Å²) in [6.07, 6.45) is 4.89. The van der Waals surface area contributed by atoms with Gasteiger partial charge >= 0.3 is 0 Å². The molecule has 0 aromatic carbocycles. The molecule has 4 heteroatoms. The first-order chi connectivity index (χ1) is 7.98. The molecule has 1 aromatic heterocycles. The monoisotopic (exact) mass is 238 g/mol.